The van der Waals surface area contributed by atoms with Crippen molar-refractivity contribution in [3.63, 3.8) is 0 Å². The number of carbonyl (C=O) groups excluding carboxylic acids is 5. The maximum atomic E-state index is 13.9. The van der Waals surface area contributed by atoms with Crippen LogP contribution in [0.15, 0.2) is 89.7 Å². The molecule has 2 saturated heterocycles. The third kappa shape index (κ3) is 10.8. The second-order valence-electron chi connectivity index (χ2n) is 17.1. The number of imide groups is 1. The number of aryl methyl sites for hydroxylation is 2. The average molecular weight is 961 g/mol. The minimum Gasteiger partial charge on any atom is -0.379 e. The van der Waals surface area contributed by atoms with Crippen LogP contribution in [0.1, 0.15) is 45.5 Å². The van der Waals surface area contributed by atoms with E-state index in [1.165, 1.54) is 21.7 Å². The summed E-state index contributed by atoms with van der Waals surface area (Å²) in [5.41, 5.74) is 7.41. The van der Waals surface area contributed by atoms with E-state index in [4.69, 9.17) is 25.8 Å². The van der Waals surface area contributed by atoms with Gasteiger partial charge >= 0.3 is 0 Å². The van der Waals surface area contributed by atoms with Crippen LogP contribution < -0.4 is 15.8 Å². The molecule has 2 fully saturated rings. The number of H-pyrrole nitrogens is 2. The Bertz CT molecular complexity index is 2940. The van der Waals surface area contributed by atoms with E-state index in [9.17, 15) is 33.2 Å². The molecule has 1 unspecified atom stereocenters. The molecule has 4 amide bonds. The number of fused-ring (bicyclic) bond motifs is 2. The van der Waals surface area contributed by atoms with E-state index in [0.717, 1.165) is 40.8 Å². The molecule has 9 rings (SSSR count). The van der Waals surface area contributed by atoms with Crippen LogP contribution in [-0.2, 0) is 59.2 Å². The van der Waals surface area contributed by atoms with Gasteiger partial charge in [0, 0.05) is 67.6 Å². The van der Waals surface area contributed by atoms with E-state index >= 15 is 0 Å². The normalized spacial score (nSPS) is 16.2. The van der Waals surface area contributed by atoms with Gasteiger partial charge in [-0.05, 0) is 96.5 Å². The van der Waals surface area contributed by atoms with Crippen molar-refractivity contribution in [1.29, 1.82) is 0 Å². The average Bonchev–Trinajstić information content (AvgIpc) is 4.03. The summed E-state index contributed by atoms with van der Waals surface area (Å²) in [6, 6.07) is 24.1. The van der Waals surface area contributed by atoms with Gasteiger partial charge in [-0.15, -0.1) is 0 Å². The molecule has 0 saturated carbocycles. The fourth-order valence-electron chi connectivity index (χ4n) is 8.86. The van der Waals surface area contributed by atoms with Crippen LogP contribution in [0.3, 0.4) is 0 Å². The number of benzene rings is 4. The lowest BCUT2D eigenvalue weighted by atomic mass is 10.00. The maximum Gasteiger partial charge on any atom is 0.294 e. The topological polar surface area (TPSA) is 201 Å². The van der Waals surface area contributed by atoms with Gasteiger partial charge in [-0.25, -0.2) is 9.37 Å². The van der Waals surface area contributed by atoms with Crippen LogP contribution in [0.5, 0.6) is 0 Å². The van der Waals surface area contributed by atoms with E-state index in [1.807, 2.05) is 41.7 Å². The van der Waals surface area contributed by atoms with Crippen molar-refractivity contribution in [1.82, 2.24) is 34.9 Å². The highest BCUT2D eigenvalue weighted by Crippen LogP contribution is 2.31. The SMILES string of the molecule is O=C1CC(N2Cc3cc(N4CCN(C(=O)COCCOCCOCCCc5ccc(-c6[nH]n(-c7nc8ccc(Cl)cc8[nH]7)c(=O)c6CCc6ccc(F)cc6)cc5)CC4)ccc3C2=O)C(=O)NC1=O. The zero-order valence-corrected chi connectivity index (χ0v) is 38.4. The Labute approximate surface area is 400 Å². The predicted octanol–water partition coefficient (Wildman–Crippen LogP) is 4.56. The van der Waals surface area contributed by atoms with Crippen molar-refractivity contribution in [2.45, 2.75) is 44.7 Å². The molecule has 19 heteroatoms. The van der Waals surface area contributed by atoms with Crippen LogP contribution in [0.2, 0.25) is 5.02 Å². The largest absolute Gasteiger partial charge is 0.379 e. The number of piperazine rings is 1. The molecule has 4 aromatic carbocycles. The van der Waals surface area contributed by atoms with Gasteiger partial charge in [0.2, 0.25) is 23.5 Å². The summed E-state index contributed by atoms with van der Waals surface area (Å²) in [4.78, 5) is 88.8. The molecule has 0 radical (unpaired) electrons. The number of amides is 4. The lowest BCUT2D eigenvalue weighted by molar-refractivity contribution is -0.147. The summed E-state index contributed by atoms with van der Waals surface area (Å²) in [5.74, 6) is -2.75. The number of nitrogens with zero attached hydrogens (tertiary/aromatic N) is 5. The van der Waals surface area contributed by atoms with Gasteiger partial charge < -0.3 is 33.9 Å². The maximum absolute atomic E-state index is 13.9. The number of rotatable bonds is 19. The number of piperidine rings is 1. The molecule has 0 spiro atoms. The highest BCUT2D eigenvalue weighted by atomic mass is 35.5. The first-order chi connectivity index (χ1) is 33.5. The van der Waals surface area contributed by atoms with Gasteiger partial charge in [-0.1, -0.05) is 48.0 Å². The van der Waals surface area contributed by atoms with Gasteiger partial charge in [0.25, 0.3) is 17.4 Å². The summed E-state index contributed by atoms with van der Waals surface area (Å²) in [5, 5.41) is 5.88. The molecule has 6 aromatic rings. The van der Waals surface area contributed by atoms with E-state index in [1.54, 1.807) is 41.3 Å². The van der Waals surface area contributed by atoms with E-state index in [2.05, 4.69) is 20.0 Å². The minimum absolute atomic E-state index is 0.0532. The number of Topliss-reactive ketones (excluding diaryl/α,β-unsaturated/α-hetero) is 1. The summed E-state index contributed by atoms with van der Waals surface area (Å²) in [6.07, 6.45) is 2.24. The first-order valence-corrected chi connectivity index (χ1v) is 23.3. The lowest BCUT2D eigenvalue weighted by Crippen LogP contribution is -2.56. The zero-order chi connectivity index (χ0) is 48.0. The Morgan fingerprint density at radius 1 is 0.783 bits per heavy atom. The number of hydrogen-bond acceptors (Lipinski definition) is 11. The number of aromatic amines is 2. The van der Waals surface area contributed by atoms with Gasteiger partial charge in [-0.3, -0.25) is 39.2 Å². The van der Waals surface area contributed by atoms with Gasteiger partial charge in [-0.2, -0.15) is 4.68 Å². The second-order valence-corrected chi connectivity index (χ2v) is 17.6. The van der Waals surface area contributed by atoms with E-state index in [0.29, 0.717) is 104 Å². The summed E-state index contributed by atoms with van der Waals surface area (Å²) >= 11 is 6.19. The van der Waals surface area contributed by atoms with Crippen molar-refractivity contribution in [3.05, 3.63) is 134 Å². The number of carbonyl (C=O) groups is 5. The highest BCUT2D eigenvalue weighted by Gasteiger charge is 2.42. The molecule has 17 nitrogen and oxygen atoms in total. The number of ether oxygens (including phenoxy) is 3. The molecule has 0 aliphatic carbocycles. The van der Waals surface area contributed by atoms with Crippen LogP contribution >= 0.6 is 11.6 Å². The smallest absolute Gasteiger partial charge is 0.294 e. The van der Waals surface area contributed by atoms with Gasteiger partial charge in [0.05, 0.1) is 43.2 Å². The molecule has 2 aromatic heterocycles. The fraction of sp³-hybridized carbons (Fsp3) is 0.340. The molecule has 358 valence electrons. The number of halogens is 2. The number of imidazole rings is 1. The fourth-order valence-corrected chi connectivity index (χ4v) is 9.04. The van der Waals surface area contributed by atoms with Crippen molar-refractivity contribution < 1.29 is 42.6 Å². The minimum atomic E-state index is -1.03. The van der Waals surface area contributed by atoms with E-state index in [-0.39, 0.29) is 49.4 Å². The van der Waals surface area contributed by atoms with Crippen molar-refractivity contribution in [3.8, 4) is 17.2 Å². The number of aromatic nitrogens is 4. The first kappa shape index (κ1) is 47.1. The Hall–Kier alpha value is -6.99. The van der Waals surface area contributed by atoms with Crippen LogP contribution in [0.25, 0.3) is 28.2 Å². The Morgan fingerprint density at radius 3 is 2.26 bits per heavy atom. The van der Waals surface area contributed by atoms with Crippen LogP contribution in [-0.4, -0.2) is 131 Å². The van der Waals surface area contributed by atoms with Gasteiger partial charge in [0.15, 0.2) is 0 Å². The second kappa shape index (κ2) is 21.1. The van der Waals surface area contributed by atoms with Crippen molar-refractivity contribution in [2.75, 3.05) is 70.7 Å². The summed E-state index contributed by atoms with van der Waals surface area (Å²) in [7, 11) is 0. The molecule has 69 heavy (non-hydrogen) atoms. The highest BCUT2D eigenvalue weighted by molar-refractivity contribution is 6.41. The molecular formula is C50H50ClFN8O9. The molecule has 0 bridgehead atoms. The Morgan fingerprint density at radius 2 is 1.49 bits per heavy atom. The number of hydrogen-bond donors (Lipinski definition) is 3. The summed E-state index contributed by atoms with van der Waals surface area (Å²) in [6.45, 7) is 4.24. The van der Waals surface area contributed by atoms with Crippen LogP contribution in [0.4, 0.5) is 10.1 Å². The third-order valence-electron chi connectivity index (χ3n) is 12.6. The molecule has 3 N–H and O–H groups in total. The third-order valence-corrected chi connectivity index (χ3v) is 12.9. The van der Waals surface area contributed by atoms with Crippen molar-refractivity contribution >= 4 is 57.7 Å². The van der Waals surface area contributed by atoms with Crippen molar-refractivity contribution in [2.24, 2.45) is 0 Å². The molecule has 1 atom stereocenters. The van der Waals surface area contributed by atoms with Crippen LogP contribution in [0, 0.1) is 5.82 Å². The predicted molar refractivity (Wildman–Crippen MR) is 253 cm³/mol. The number of nitrogens with one attached hydrogen (secondary N) is 3. The molecule has 5 heterocycles. The Kier molecular flexibility index (Phi) is 14.4. The number of ketones is 1. The van der Waals surface area contributed by atoms with Gasteiger partial charge in [0.1, 0.15) is 18.5 Å². The lowest BCUT2D eigenvalue weighted by Gasteiger charge is -2.36. The molecule has 3 aliphatic rings. The Balaban J connectivity index is 0.659. The number of anilines is 1. The first-order valence-electron chi connectivity index (χ1n) is 22.9. The van der Waals surface area contributed by atoms with E-state index < -0.39 is 23.6 Å². The summed E-state index contributed by atoms with van der Waals surface area (Å²) < 4.78 is 32.0. The standard InChI is InChI=1S/C50H50ClFN8O9/c51-35-10-16-40-41(27-35)54-50(53-40)60-49(66)39(14-7-32-5-11-36(52)12-6-32)45(56-60)33-8-3-31(4-9-33)2-1-21-67-22-23-68-24-25-69-30-44(62)58-19-17-57(18-20-58)37-13-15-38-34(26-37)29-59(48(38)65)42-28-43(61)47(64)55-46(42)63/h3-6,8-13,15-16,26-27,42,56H,1-2,7,14,17-25,28-30H2,(H,53,54)(H,55,63,64). The monoisotopic (exact) mass is 960 g/mol. The quantitative estimate of drug-likeness (QED) is 0.0584. The molecular weight excluding hydrogens is 911 g/mol. The molecule has 3 aliphatic heterocycles. The zero-order valence-electron chi connectivity index (χ0n) is 37.6.